The van der Waals surface area contributed by atoms with Crippen LogP contribution in [0.5, 0.6) is 5.75 Å². The van der Waals surface area contributed by atoms with Gasteiger partial charge >= 0.3 is 0 Å². The highest BCUT2D eigenvalue weighted by Crippen LogP contribution is 2.34. The fourth-order valence-electron chi connectivity index (χ4n) is 5.12. The molecule has 0 aliphatic heterocycles. The molecule has 1 atom stereocenters. The van der Waals surface area contributed by atoms with E-state index in [4.69, 9.17) is 27.9 Å². The molecule has 0 aromatic heterocycles. The molecule has 0 bridgehead atoms. The van der Waals surface area contributed by atoms with Crippen molar-refractivity contribution in [3.05, 3.63) is 123 Å². The zero-order chi connectivity index (χ0) is 34.3. The first-order valence-corrected chi connectivity index (χ1v) is 17.3. The Morgan fingerprint density at radius 1 is 0.830 bits per heavy atom. The van der Waals surface area contributed by atoms with Crippen molar-refractivity contribution >= 4 is 50.7 Å². The number of ether oxygens (including phenoxy) is 1. The number of nitrogens with one attached hydrogen (secondary N) is 1. The van der Waals surface area contributed by atoms with Crippen molar-refractivity contribution in [1.82, 2.24) is 10.2 Å². The lowest BCUT2D eigenvalue weighted by atomic mass is 10.0. The molecule has 0 spiro atoms. The standard InChI is InChI=1S/C36H39Cl2N3O5S/c1-24(2)39-36(43)33(21-27-9-7-6-8-10-27)40(22-28-14-17-30(37)31(38)20-28)35(42)23-41(32-19-26(4)13-18-34(32)46-5)47(44,45)29-15-11-25(3)12-16-29/h6-20,24,33H,21-23H2,1-5H3,(H,39,43). The van der Waals surface area contributed by atoms with Crippen LogP contribution in [0.1, 0.15) is 36.1 Å². The predicted octanol–water partition coefficient (Wildman–Crippen LogP) is 6.98. The lowest BCUT2D eigenvalue weighted by molar-refractivity contribution is -0.140. The number of halogens is 2. The van der Waals surface area contributed by atoms with Gasteiger partial charge in [-0.3, -0.25) is 13.9 Å². The lowest BCUT2D eigenvalue weighted by Crippen LogP contribution is -2.54. The number of carbonyl (C=O) groups is 2. The van der Waals surface area contributed by atoms with Crippen molar-refractivity contribution in [1.29, 1.82) is 0 Å². The molecule has 0 saturated heterocycles. The largest absolute Gasteiger partial charge is 0.495 e. The number of hydrogen-bond acceptors (Lipinski definition) is 5. The van der Waals surface area contributed by atoms with Crippen LogP contribution in [0.25, 0.3) is 0 Å². The third-order valence-electron chi connectivity index (χ3n) is 7.53. The van der Waals surface area contributed by atoms with E-state index in [9.17, 15) is 18.0 Å². The molecule has 0 saturated carbocycles. The fourth-order valence-corrected chi connectivity index (χ4v) is 6.85. The van der Waals surface area contributed by atoms with Crippen LogP contribution in [-0.2, 0) is 32.6 Å². The third-order valence-corrected chi connectivity index (χ3v) is 10.0. The fraction of sp³-hybridized carbons (Fsp3) is 0.278. The molecule has 47 heavy (non-hydrogen) atoms. The molecule has 4 aromatic rings. The van der Waals surface area contributed by atoms with Crippen LogP contribution in [0.2, 0.25) is 10.0 Å². The molecule has 2 amide bonds. The van der Waals surface area contributed by atoms with Crippen LogP contribution in [0.15, 0.2) is 95.9 Å². The van der Waals surface area contributed by atoms with Crippen molar-refractivity contribution in [3.8, 4) is 5.75 Å². The van der Waals surface area contributed by atoms with Gasteiger partial charge in [-0.05, 0) is 80.8 Å². The first-order chi connectivity index (χ1) is 22.3. The normalized spacial score (nSPS) is 12.0. The number of aryl methyl sites for hydroxylation is 2. The summed E-state index contributed by atoms with van der Waals surface area (Å²) in [6.07, 6.45) is 0.185. The first-order valence-electron chi connectivity index (χ1n) is 15.1. The third kappa shape index (κ3) is 9.06. The van der Waals surface area contributed by atoms with Crippen molar-refractivity contribution < 1.29 is 22.7 Å². The van der Waals surface area contributed by atoms with Gasteiger partial charge in [-0.25, -0.2) is 8.42 Å². The second kappa shape index (κ2) is 15.7. The van der Waals surface area contributed by atoms with Gasteiger partial charge in [0.2, 0.25) is 11.8 Å². The van der Waals surface area contributed by atoms with E-state index >= 15 is 0 Å². The maximum atomic E-state index is 14.7. The Morgan fingerprint density at radius 2 is 1.49 bits per heavy atom. The number of carbonyl (C=O) groups excluding carboxylic acids is 2. The lowest BCUT2D eigenvalue weighted by Gasteiger charge is -2.34. The molecule has 11 heteroatoms. The number of methoxy groups -OCH3 is 1. The summed E-state index contributed by atoms with van der Waals surface area (Å²) in [5.41, 5.74) is 3.29. The van der Waals surface area contributed by atoms with E-state index in [0.717, 1.165) is 21.0 Å². The highest BCUT2D eigenvalue weighted by Gasteiger charge is 2.36. The number of rotatable bonds is 13. The quantitative estimate of drug-likeness (QED) is 0.163. The SMILES string of the molecule is COc1ccc(C)cc1N(CC(=O)N(Cc1ccc(Cl)c(Cl)c1)C(Cc1ccccc1)C(=O)NC(C)C)S(=O)(=O)c1ccc(C)cc1. The maximum absolute atomic E-state index is 14.7. The van der Waals surface area contributed by atoms with Gasteiger partial charge in [0.15, 0.2) is 0 Å². The summed E-state index contributed by atoms with van der Waals surface area (Å²) in [4.78, 5) is 29.9. The number of benzene rings is 4. The van der Waals surface area contributed by atoms with Gasteiger partial charge in [0.1, 0.15) is 18.3 Å². The minimum atomic E-state index is -4.29. The van der Waals surface area contributed by atoms with Crippen molar-refractivity contribution in [2.75, 3.05) is 18.0 Å². The van der Waals surface area contributed by atoms with Gasteiger partial charge in [-0.2, -0.15) is 0 Å². The molecular weight excluding hydrogens is 657 g/mol. The Bertz CT molecular complexity index is 1820. The number of hydrogen-bond donors (Lipinski definition) is 1. The summed E-state index contributed by atoms with van der Waals surface area (Å²) in [6.45, 7) is 6.70. The number of nitrogens with zero attached hydrogens (tertiary/aromatic N) is 2. The van der Waals surface area contributed by atoms with E-state index in [1.807, 2.05) is 58.0 Å². The number of anilines is 1. The van der Waals surface area contributed by atoms with E-state index in [0.29, 0.717) is 10.6 Å². The molecule has 0 fully saturated rings. The Hall–Kier alpha value is -4.05. The van der Waals surface area contributed by atoms with Crippen LogP contribution >= 0.6 is 23.2 Å². The number of sulfonamides is 1. The molecular formula is C36H39Cl2N3O5S. The minimum absolute atomic E-state index is 0.00822. The highest BCUT2D eigenvalue weighted by atomic mass is 35.5. The monoisotopic (exact) mass is 695 g/mol. The van der Waals surface area contributed by atoms with E-state index in [-0.39, 0.29) is 46.3 Å². The van der Waals surface area contributed by atoms with Gasteiger partial charge in [-0.15, -0.1) is 0 Å². The first kappa shape index (κ1) is 35.8. The molecule has 4 aromatic carbocycles. The molecule has 1 N–H and O–H groups in total. The zero-order valence-corrected chi connectivity index (χ0v) is 29.4. The van der Waals surface area contributed by atoms with E-state index in [1.54, 1.807) is 48.5 Å². The summed E-state index contributed by atoms with van der Waals surface area (Å²) in [5.74, 6) is -0.706. The maximum Gasteiger partial charge on any atom is 0.264 e. The van der Waals surface area contributed by atoms with Gasteiger partial charge in [-0.1, -0.05) is 83.4 Å². The van der Waals surface area contributed by atoms with Crippen LogP contribution in [-0.4, -0.2) is 50.9 Å². The average Bonchev–Trinajstić information content (AvgIpc) is 3.03. The van der Waals surface area contributed by atoms with Crippen LogP contribution < -0.4 is 14.4 Å². The van der Waals surface area contributed by atoms with Gasteiger partial charge in [0.25, 0.3) is 10.0 Å². The van der Waals surface area contributed by atoms with Crippen molar-refractivity contribution in [2.45, 2.75) is 57.6 Å². The Morgan fingerprint density at radius 3 is 2.11 bits per heavy atom. The summed E-state index contributed by atoms with van der Waals surface area (Å²) in [6, 6.07) is 24.6. The van der Waals surface area contributed by atoms with Gasteiger partial charge in [0.05, 0.1) is 27.7 Å². The van der Waals surface area contributed by atoms with Crippen LogP contribution in [0.3, 0.4) is 0 Å². The number of amides is 2. The molecule has 0 aliphatic carbocycles. The van der Waals surface area contributed by atoms with Gasteiger partial charge < -0.3 is 15.0 Å². The molecule has 4 rings (SSSR count). The van der Waals surface area contributed by atoms with E-state index in [1.165, 1.54) is 24.1 Å². The second-order valence-electron chi connectivity index (χ2n) is 11.6. The van der Waals surface area contributed by atoms with Crippen LogP contribution in [0, 0.1) is 13.8 Å². The average molecular weight is 697 g/mol. The van der Waals surface area contributed by atoms with Crippen molar-refractivity contribution in [3.63, 3.8) is 0 Å². The smallest absolute Gasteiger partial charge is 0.264 e. The van der Waals surface area contributed by atoms with E-state index < -0.39 is 28.5 Å². The molecule has 1 unspecified atom stereocenters. The predicted molar refractivity (Wildman–Crippen MR) is 188 cm³/mol. The zero-order valence-electron chi connectivity index (χ0n) is 27.0. The molecule has 8 nitrogen and oxygen atoms in total. The van der Waals surface area contributed by atoms with Crippen LogP contribution in [0.4, 0.5) is 5.69 Å². The minimum Gasteiger partial charge on any atom is -0.495 e. The second-order valence-corrected chi connectivity index (χ2v) is 14.3. The summed E-state index contributed by atoms with van der Waals surface area (Å²) in [5, 5.41) is 3.57. The Balaban J connectivity index is 1.87. The highest BCUT2D eigenvalue weighted by molar-refractivity contribution is 7.92. The molecule has 0 heterocycles. The Labute approximate surface area is 287 Å². The summed E-state index contributed by atoms with van der Waals surface area (Å²) < 4.78 is 35.3. The molecule has 248 valence electrons. The topological polar surface area (TPSA) is 96.0 Å². The van der Waals surface area contributed by atoms with Crippen molar-refractivity contribution in [2.24, 2.45) is 0 Å². The van der Waals surface area contributed by atoms with E-state index in [2.05, 4.69) is 5.32 Å². The summed E-state index contributed by atoms with van der Waals surface area (Å²) >= 11 is 12.5. The Kier molecular flexibility index (Phi) is 12.0. The molecule has 0 aliphatic rings. The van der Waals surface area contributed by atoms with Gasteiger partial charge in [0, 0.05) is 19.0 Å². The molecule has 0 radical (unpaired) electrons. The summed E-state index contributed by atoms with van der Waals surface area (Å²) in [7, 11) is -2.85.